The van der Waals surface area contributed by atoms with E-state index >= 15 is 0 Å². The molecule has 2 aromatic rings. The summed E-state index contributed by atoms with van der Waals surface area (Å²) in [4.78, 5) is 14.2. The first-order chi connectivity index (χ1) is 11.8. The predicted molar refractivity (Wildman–Crippen MR) is 95.5 cm³/mol. The molecule has 0 saturated carbocycles. The molecular weight excluding hydrogens is 300 g/mol. The van der Waals surface area contributed by atoms with Crippen molar-refractivity contribution in [1.82, 2.24) is 10.2 Å². The first-order valence-corrected chi connectivity index (χ1v) is 8.47. The molecular formula is C20H24N2O2. The van der Waals surface area contributed by atoms with E-state index in [-0.39, 0.29) is 6.03 Å². The smallest absolute Gasteiger partial charge is 0.317 e. The summed E-state index contributed by atoms with van der Waals surface area (Å²) in [7, 11) is 1.66. The van der Waals surface area contributed by atoms with Gasteiger partial charge in [0.15, 0.2) is 0 Å². The molecule has 1 unspecified atom stereocenters. The molecule has 1 N–H and O–H groups in total. The topological polar surface area (TPSA) is 41.6 Å². The van der Waals surface area contributed by atoms with Gasteiger partial charge in [0.05, 0.1) is 7.11 Å². The van der Waals surface area contributed by atoms with Gasteiger partial charge in [-0.05, 0) is 36.1 Å². The minimum absolute atomic E-state index is 0.0435. The van der Waals surface area contributed by atoms with Crippen LogP contribution in [0.5, 0.6) is 5.75 Å². The first kappa shape index (κ1) is 16.4. The van der Waals surface area contributed by atoms with Gasteiger partial charge in [-0.25, -0.2) is 4.79 Å². The number of carbonyl (C=O) groups excluding carboxylic acids is 1. The number of rotatable bonds is 5. The fourth-order valence-electron chi connectivity index (χ4n) is 3.16. The number of methoxy groups -OCH3 is 1. The van der Waals surface area contributed by atoms with E-state index in [0.717, 1.165) is 31.7 Å². The number of nitrogens with one attached hydrogen (secondary N) is 1. The van der Waals surface area contributed by atoms with Crippen LogP contribution < -0.4 is 10.1 Å². The lowest BCUT2D eigenvalue weighted by Crippen LogP contribution is -2.39. The monoisotopic (exact) mass is 324 g/mol. The molecule has 126 valence electrons. The Hall–Kier alpha value is -2.49. The molecule has 3 rings (SSSR count). The zero-order valence-corrected chi connectivity index (χ0v) is 14.1. The lowest BCUT2D eigenvalue weighted by Gasteiger charge is -2.17. The predicted octanol–water partition coefficient (Wildman–Crippen LogP) is 3.44. The van der Waals surface area contributed by atoms with Crippen molar-refractivity contribution in [3.63, 3.8) is 0 Å². The molecule has 1 heterocycles. The molecule has 0 aromatic heterocycles. The highest BCUT2D eigenvalue weighted by Crippen LogP contribution is 2.26. The second kappa shape index (κ2) is 7.86. The van der Waals surface area contributed by atoms with Crippen LogP contribution in [-0.2, 0) is 6.42 Å². The molecule has 0 radical (unpaired) electrons. The summed E-state index contributed by atoms with van der Waals surface area (Å²) in [6, 6.07) is 18.5. The molecule has 1 fully saturated rings. The zero-order chi connectivity index (χ0) is 16.8. The van der Waals surface area contributed by atoms with E-state index in [2.05, 4.69) is 29.6 Å². The molecule has 1 aliphatic heterocycles. The minimum Gasteiger partial charge on any atom is -0.497 e. The zero-order valence-electron chi connectivity index (χ0n) is 14.1. The average molecular weight is 324 g/mol. The van der Waals surface area contributed by atoms with E-state index in [9.17, 15) is 4.79 Å². The molecule has 1 aliphatic rings. The lowest BCUT2D eigenvalue weighted by molar-refractivity contribution is 0.208. The van der Waals surface area contributed by atoms with Crippen LogP contribution in [0.4, 0.5) is 4.79 Å². The van der Waals surface area contributed by atoms with Crippen LogP contribution >= 0.6 is 0 Å². The number of likely N-dealkylation sites (tertiary alicyclic amines) is 1. The van der Waals surface area contributed by atoms with Crippen LogP contribution in [0.3, 0.4) is 0 Å². The van der Waals surface area contributed by atoms with E-state index in [4.69, 9.17) is 4.74 Å². The molecule has 0 bridgehead atoms. The number of ether oxygens (including phenoxy) is 1. The molecule has 1 saturated heterocycles. The van der Waals surface area contributed by atoms with E-state index in [1.165, 1.54) is 11.1 Å². The van der Waals surface area contributed by atoms with Crippen molar-refractivity contribution in [2.75, 3.05) is 26.7 Å². The molecule has 0 aliphatic carbocycles. The summed E-state index contributed by atoms with van der Waals surface area (Å²) in [5.74, 6) is 1.31. The Kier molecular flexibility index (Phi) is 5.36. The summed E-state index contributed by atoms with van der Waals surface area (Å²) in [5.41, 5.74) is 2.52. The van der Waals surface area contributed by atoms with Gasteiger partial charge in [-0.3, -0.25) is 0 Å². The first-order valence-electron chi connectivity index (χ1n) is 8.47. The maximum atomic E-state index is 12.3. The fraction of sp³-hybridized carbons (Fsp3) is 0.350. The van der Waals surface area contributed by atoms with E-state index in [0.29, 0.717) is 12.5 Å². The van der Waals surface area contributed by atoms with Crippen molar-refractivity contribution in [1.29, 1.82) is 0 Å². The second-order valence-electron chi connectivity index (χ2n) is 6.17. The number of hydrogen-bond donors (Lipinski definition) is 1. The highest BCUT2D eigenvalue weighted by Gasteiger charge is 2.26. The molecule has 4 nitrogen and oxygen atoms in total. The Bertz CT molecular complexity index is 655. The number of benzene rings is 2. The van der Waals surface area contributed by atoms with Gasteiger partial charge >= 0.3 is 6.03 Å². The summed E-state index contributed by atoms with van der Waals surface area (Å²) in [6.45, 7) is 2.28. The third-order valence-corrected chi connectivity index (χ3v) is 4.60. The average Bonchev–Trinajstić information content (AvgIpc) is 3.13. The number of urea groups is 1. The van der Waals surface area contributed by atoms with Crippen molar-refractivity contribution in [3.8, 4) is 5.75 Å². The lowest BCUT2D eigenvalue weighted by atomic mass is 9.99. The van der Waals surface area contributed by atoms with Crippen LogP contribution in [0, 0.1) is 0 Å². The SMILES string of the molecule is COc1ccc(CCNC(=O)N2CCC(c3ccccc3)C2)cc1. The summed E-state index contributed by atoms with van der Waals surface area (Å²) in [5, 5.41) is 3.03. The van der Waals surface area contributed by atoms with Crippen LogP contribution in [0.2, 0.25) is 0 Å². The Morgan fingerprint density at radius 1 is 1.17 bits per heavy atom. The number of carbonyl (C=O) groups is 1. The van der Waals surface area contributed by atoms with Gasteiger partial charge in [0, 0.05) is 25.6 Å². The van der Waals surface area contributed by atoms with Crippen LogP contribution in [0.15, 0.2) is 54.6 Å². The largest absolute Gasteiger partial charge is 0.497 e. The summed E-state index contributed by atoms with van der Waals surface area (Å²) >= 11 is 0. The van der Waals surface area contributed by atoms with Crippen molar-refractivity contribution in [2.45, 2.75) is 18.8 Å². The second-order valence-corrected chi connectivity index (χ2v) is 6.17. The van der Waals surface area contributed by atoms with E-state index < -0.39 is 0 Å². The van der Waals surface area contributed by atoms with Gasteiger partial charge in [-0.15, -0.1) is 0 Å². The van der Waals surface area contributed by atoms with Gasteiger partial charge in [0.1, 0.15) is 5.75 Å². The van der Waals surface area contributed by atoms with Gasteiger partial charge in [-0.2, -0.15) is 0 Å². The molecule has 2 aromatic carbocycles. The number of hydrogen-bond acceptors (Lipinski definition) is 2. The van der Waals surface area contributed by atoms with Gasteiger partial charge in [0.25, 0.3) is 0 Å². The van der Waals surface area contributed by atoms with Crippen LogP contribution in [0.1, 0.15) is 23.5 Å². The Labute approximate surface area is 143 Å². The standard InChI is InChI=1S/C20H24N2O2/c1-24-19-9-7-16(8-10-19)11-13-21-20(23)22-14-12-18(15-22)17-5-3-2-4-6-17/h2-10,18H,11-15H2,1H3,(H,21,23). The van der Waals surface area contributed by atoms with Crippen molar-refractivity contribution >= 4 is 6.03 Å². The quantitative estimate of drug-likeness (QED) is 0.915. The maximum Gasteiger partial charge on any atom is 0.317 e. The number of amides is 2. The van der Waals surface area contributed by atoms with Gasteiger partial charge in [0.2, 0.25) is 0 Å². The van der Waals surface area contributed by atoms with E-state index in [1.807, 2.05) is 35.2 Å². The van der Waals surface area contributed by atoms with Crippen molar-refractivity contribution in [2.24, 2.45) is 0 Å². The van der Waals surface area contributed by atoms with E-state index in [1.54, 1.807) is 7.11 Å². The fourth-order valence-corrected chi connectivity index (χ4v) is 3.16. The molecule has 1 atom stereocenters. The normalized spacial score (nSPS) is 16.9. The Morgan fingerprint density at radius 3 is 2.62 bits per heavy atom. The molecule has 24 heavy (non-hydrogen) atoms. The van der Waals surface area contributed by atoms with Crippen molar-refractivity contribution in [3.05, 3.63) is 65.7 Å². The maximum absolute atomic E-state index is 12.3. The summed E-state index contributed by atoms with van der Waals surface area (Å²) < 4.78 is 5.15. The van der Waals surface area contributed by atoms with Crippen LogP contribution in [-0.4, -0.2) is 37.7 Å². The summed E-state index contributed by atoms with van der Waals surface area (Å²) in [6.07, 6.45) is 1.86. The Balaban J connectivity index is 1.44. The molecule has 2 amide bonds. The highest BCUT2D eigenvalue weighted by molar-refractivity contribution is 5.74. The molecule has 0 spiro atoms. The third-order valence-electron chi connectivity index (χ3n) is 4.60. The third kappa shape index (κ3) is 4.07. The highest BCUT2D eigenvalue weighted by atomic mass is 16.5. The van der Waals surface area contributed by atoms with Gasteiger partial charge < -0.3 is 15.0 Å². The minimum atomic E-state index is 0.0435. The van der Waals surface area contributed by atoms with Crippen LogP contribution in [0.25, 0.3) is 0 Å². The van der Waals surface area contributed by atoms with Gasteiger partial charge in [-0.1, -0.05) is 42.5 Å². The number of nitrogens with zero attached hydrogens (tertiary/aromatic N) is 1. The Morgan fingerprint density at radius 2 is 1.92 bits per heavy atom. The molecule has 4 heteroatoms. The van der Waals surface area contributed by atoms with Crippen molar-refractivity contribution < 1.29 is 9.53 Å².